The Kier molecular flexibility index (Phi) is 12.3. The van der Waals surface area contributed by atoms with Gasteiger partial charge in [-0.2, -0.15) is 8.42 Å². The van der Waals surface area contributed by atoms with E-state index in [1.165, 1.54) is 51.4 Å². The van der Waals surface area contributed by atoms with Crippen LogP contribution < -0.4 is 0 Å². The normalized spacial score (nSPS) is 10.8. The fourth-order valence-electron chi connectivity index (χ4n) is 1.99. The highest BCUT2D eigenvalue weighted by Crippen LogP contribution is 2.07. The standard InChI is InChI=1S/C10H22.C7H8O3S/c1-3-5-7-9-10-8-6-4-2;8-11(9,10)6-7-4-2-1-3-5-7/h3-10H2,1-2H3;1-5H,6H2,(H,8,9,10). The van der Waals surface area contributed by atoms with Crippen molar-refractivity contribution in [3.05, 3.63) is 35.9 Å². The molecule has 0 heterocycles. The first-order valence-electron chi connectivity index (χ1n) is 7.98. The lowest BCUT2D eigenvalue weighted by atomic mass is 10.1. The summed E-state index contributed by atoms with van der Waals surface area (Å²) in [5, 5.41) is 0. The van der Waals surface area contributed by atoms with Crippen LogP contribution in [0.4, 0.5) is 0 Å². The Morgan fingerprint density at radius 3 is 1.62 bits per heavy atom. The van der Waals surface area contributed by atoms with Crippen LogP contribution in [0.25, 0.3) is 0 Å². The summed E-state index contributed by atoms with van der Waals surface area (Å²) in [5.41, 5.74) is 0.593. The van der Waals surface area contributed by atoms with E-state index in [1.54, 1.807) is 30.3 Å². The predicted molar refractivity (Wildman–Crippen MR) is 90.0 cm³/mol. The summed E-state index contributed by atoms with van der Waals surface area (Å²) < 4.78 is 29.2. The van der Waals surface area contributed by atoms with Crippen molar-refractivity contribution in [2.45, 2.75) is 71.0 Å². The van der Waals surface area contributed by atoms with Gasteiger partial charge in [-0.05, 0) is 5.56 Å². The molecule has 0 fully saturated rings. The highest BCUT2D eigenvalue weighted by molar-refractivity contribution is 7.85. The summed E-state index contributed by atoms with van der Waals surface area (Å²) >= 11 is 0. The Morgan fingerprint density at radius 1 is 0.810 bits per heavy atom. The molecule has 0 radical (unpaired) electrons. The molecule has 122 valence electrons. The Labute approximate surface area is 130 Å². The summed E-state index contributed by atoms with van der Waals surface area (Å²) in [5.74, 6) is -0.312. The maximum absolute atomic E-state index is 10.4. The van der Waals surface area contributed by atoms with Crippen LogP contribution in [-0.2, 0) is 15.9 Å². The predicted octanol–water partition coefficient (Wildman–Crippen LogP) is 5.22. The van der Waals surface area contributed by atoms with Gasteiger partial charge in [-0.15, -0.1) is 0 Å². The molecule has 0 saturated carbocycles. The third-order valence-electron chi connectivity index (χ3n) is 3.15. The Morgan fingerprint density at radius 2 is 1.24 bits per heavy atom. The average molecular weight is 314 g/mol. The Balaban J connectivity index is 0.000000384. The molecule has 0 unspecified atom stereocenters. The first-order valence-corrected chi connectivity index (χ1v) is 9.59. The monoisotopic (exact) mass is 314 g/mol. The van der Waals surface area contributed by atoms with Gasteiger partial charge in [0, 0.05) is 0 Å². The lowest BCUT2D eigenvalue weighted by Gasteiger charge is -1.97. The van der Waals surface area contributed by atoms with Gasteiger partial charge >= 0.3 is 0 Å². The summed E-state index contributed by atoms with van der Waals surface area (Å²) in [4.78, 5) is 0. The summed E-state index contributed by atoms with van der Waals surface area (Å²) in [7, 11) is -3.88. The molecule has 1 N–H and O–H groups in total. The van der Waals surface area contributed by atoms with Gasteiger partial charge in [-0.25, -0.2) is 0 Å². The minimum absolute atomic E-state index is 0.312. The topological polar surface area (TPSA) is 54.4 Å². The zero-order valence-electron chi connectivity index (χ0n) is 13.4. The first kappa shape index (κ1) is 20.1. The molecule has 0 bridgehead atoms. The zero-order valence-corrected chi connectivity index (χ0v) is 14.2. The van der Waals surface area contributed by atoms with Crippen LogP contribution in [-0.4, -0.2) is 13.0 Å². The number of unbranched alkanes of at least 4 members (excludes halogenated alkanes) is 7. The van der Waals surface area contributed by atoms with Gasteiger partial charge in [0.2, 0.25) is 0 Å². The molecule has 1 aromatic carbocycles. The van der Waals surface area contributed by atoms with Crippen LogP contribution in [0.2, 0.25) is 0 Å². The minimum atomic E-state index is -3.88. The van der Waals surface area contributed by atoms with Gasteiger partial charge in [0.25, 0.3) is 10.1 Å². The fourth-order valence-corrected chi connectivity index (χ4v) is 2.61. The van der Waals surface area contributed by atoms with Crippen molar-refractivity contribution >= 4 is 10.1 Å². The van der Waals surface area contributed by atoms with Crippen molar-refractivity contribution < 1.29 is 13.0 Å². The lowest BCUT2D eigenvalue weighted by Crippen LogP contribution is -2.00. The van der Waals surface area contributed by atoms with E-state index < -0.39 is 10.1 Å². The molecule has 21 heavy (non-hydrogen) atoms. The van der Waals surface area contributed by atoms with Crippen LogP contribution in [0.15, 0.2) is 30.3 Å². The molecule has 0 aliphatic carbocycles. The first-order chi connectivity index (χ1) is 9.99. The number of hydrogen-bond acceptors (Lipinski definition) is 2. The molecule has 0 aliphatic heterocycles. The third kappa shape index (κ3) is 15.3. The van der Waals surface area contributed by atoms with E-state index >= 15 is 0 Å². The van der Waals surface area contributed by atoms with E-state index in [2.05, 4.69) is 13.8 Å². The number of hydrogen-bond donors (Lipinski definition) is 1. The highest BCUT2D eigenvalue weighted by atomic mass is 32.2. The zero-order chi connectivity index (χ0) is 16.0. The van der Waals surface area contributed by atoms with E-state index in [1.807, 2.05) is 0 Å². The molecule has 0 amide bonds. The highest BCUT2D eigenvalue weighted by Gasteiger charge is 2.04. The maximum Gasteiger partial charge on any atom is 0.269 e. The second-order valence-corrected chi connectivity index (χ2v) is 6.79. The van der Waals surface area contributed by atoms with Gasteiger partial charge in [-0.3, -0.25) is 4.55 Å². The molecule has 0 spiro atoms. The second-order valence-electron chi connectivity index (χ2n) is 5.33. The second kappa shape index (κ2) is 12.8. The molecule has 0 aliphatic rings. The molecule has 0 aromatic heterocycles. The molecule has 0 saturated heterocycles. The Hall–Kier alpha value is -0.870. The summed E-state index contributed by atoms with van der Waals surface area (Å²) in [6, 6.07) is 8.52. The third-order valence-corrected chi connectivity index (χ3v) is 3.85. The molecule has 1 rings (SSSR count). The molecule has 3 nitrogen and oxygen atoms in total. The number of benzene rings is 1. The van der Waals surface area contributed by atoms with Crippen molar-refractivity contribution in [2.75, 3.05) is 0 Å². The van der Waals surface area contributed by atoms with Crippen molar-refractivity contribution in [3.63, 3.8) is 0 Å². The van der Waals surface area contributed by atoms with Crippen molar-refractivity contribution in [1.29, 1.82) is 0 Å². The van der Waals surface area contributed by atoms with E-state index in [0.717, 1.165) is 0 Å². The van der Waals surface area contributed by atoms with Crippen molar-refractivity contribution in [2.24, 2.45) is 0 Å². The fraction of sp³-hybridized carbons (Fsp3) is 0.647. The van der Waals surface area contributed by atoms with Crippen LogP contribution in [0.5, 0.6) is 0 Å². The van der Waals surface area contributed by atoms with Crippen LogP contribution in [0.1, 0.15) is 70.8 Å². The van der Waals surface area contributed by atoms with Gasteiger partial charge in [0.05, 0.1) is 0 Å². The van der Waals surface area contributed by atoms with Crippen molar-refractivity contribution in [3.8, 4) is 0 Å². The quantitative estimate of drug-likeness (QED) is 0.502. The molecule has 1 aromatic rings. The molecular formula is C17H30O3S. The van der Waals surface area contributed by atoms with E-state index in [0.29, 0.717) is 5.56 Å². The van der Waals surface area contributed by atoms with E-state index in [9.17, 15) is 8.42 Å². The lowest BCUT2D eigenvalue weighted by molar-refractivity contribution is 0.482. The SMILES string of the molecule is CCCCCCCCCC.O=S(=O)(O)Cc1ccccc1. The molecular weight excluding hydrogens is 284 g/mol. The van der Waals surface area contributed by atoms with Gasteiger partial charge in [0.1, 0.15) is 5.75 Å². The largest absolute Gasteiger partial charge is 0.285 e. The van der Waals surface area contributed by atoms with Gasteiger partial charge in [-0.1, -0.05) is 95.5 Å². The van der Waals surface area contributed by atoms with Crippen LogP contribution in [0, 0.1) is 0 Å². The summed E-state index contributed by atoms with van der Waals surface area (Å²) in [6.07, 6.45) is 11.5. The number of rotatable bonds is 9. The Bertz CT molecular complexity index is 419. The average Bonchev–Trinajstić information content (AvgIpc) is 2.43. The van der Waals surface area contributed by atoms with Crippen molar-refractivity contribution in [1.82, 2.24) is 0 Å². The van der Waals surface area contributed by atoms with E-state index in [-0.39, 0.29) is 5.75 Å². The minimum Gasteiger partial charge on any atom is -0.285 e. The van der Waals surface area contributed by atoms with Crippen LogP contribution >= 0.6 is 0 Å². The van der Waals surface area contributed by atoms with Crippen LogP contribution in [0.3, 0.4) is 0 Å². The molecule has 4 heteroatoms. The van der Waals surface area contributed by atoms with E-state index in [4.69, 9.17) is 4.55 Å². The van der Waals surface area contributed by atoms with Gasteiger partial charge < -0.3 is 0 Å². The maximum atomic E-state index is 10.4. The summed E-state index contributed by atoms with van der Waals surface area (Å²) in [6.45, 7) is 4.54. The van der Waals surface area contributed by atoms with Gasteiger partial charge in [0.15, 0.2) is 0 Å². The molecule has 0 atom stereocenters. The smallest absolute Gasteiger partial charge is 0.269 e.